The molecule has 3 N–H and O–H groups in total. The summed E-state index contributed by atoms with van der Waals surface area (Å²) in [5, 5.41) is 7.03. The Morgan fingerprint density at radius 2 is 2.40 bits per heavy atom. The Balaban J connectivity index is 2.64. The Bertz CT molecular complexity index is 332. The Morgan fingerprint density at radius 3 is 3.00 bits per heavy atom. The molecule has 5 nitrogen and oxygen atoms in total. The molecular formula is C10H18N4O. The summed E-state index contributed by atoms with van der Waals surface area (Å²) in [6.07, 6.45) is 3.31. The number of amides is 1. The van der Waals surface area contributed by atoms with Gasteiger partial charge in [0.25, 0.3) is 5.91 Å². The van der Waals surface area contributed by atoms with Gasteiger partial charge in [0.2, 0.25) is 0 Å². The zero-order chi connectivity index (χ0) is 11.3. The molecule has 0 spiro atoms. The van der Waals surface area contributed by atoms with Gasteiger partial charge in [0.15, 0.2) is 0 Å². The maximum atomic E-state index is 11.7. The highest BCUT2D eigenvalue weighted by Crippen LogP contribution is 2.06. The second kappa shape index (κ2) is 5.50. The average Bonchev–Trinajstić information content (AvgIpc) is 2.60. The van der Waals surface area contributed by atoms with E-state index in [-0.39, 0.29) is 5.91 Å². The summed E-state index contributed by atoms with van der Waals surface area (Å²) in [5.41, 5.74) is 6.85. The van der Waals surface area contributed by atoms with Crippen molar-refractivity contribution in [2.45, 2.75) is 19.8 Å². The van der Waals surface area contributed by atoms with Crippen molar-refractivity contribution in [2.24, 2.45) is 12.8 Å². The molecule has 0 aliphatic rings. The summed E-state index contributed by atoms with van der Waals surface area (Å²) >= 11 is 0. The number of carbonyl (C=O) groups is 1. The highest BCUT2D eigenvalue weighted by Gasteiger charge is 2.13. The average molecular weight is 210 g/mol. The van der Waals surface area contributed by atoms with Crippen LogP contribution in [-0.4, -0.2) is 28.8 Å². The lowest BCUT2D eigenvalue weighted by molar-refractivity contribution is 0.0952. The SMILES string of the molecule is CCc1nn(C)cc1C(=O)NCCCN. The van der Waals surface area contributed by atoms with Crippen LogP contribution < -0.4 is 11.1 Å². The van der Waals surface area contributed by atoms with E-state index in [2.05, 4.69) is 10.4 Å². The van der Waals surface area contributed by atoms with Crippen molar-refractivity contribution in [1.82, 2.24) is 15.1 Å². The molecule has 0 saturated carbocycles. The van der Waals surface area contributed by atoms with Gasteiger partial charge in [0.1, 0.15) is 0 Å². The van der Waals surface area contributed by atoms with E-state index < -0.39 is 0 Å². The van der Waals surface area contributed by atoms with Gasteiger partial charge in [-0.05, 0) is 19.4 Å². The quantitative estimate of drug-likeness (QED) is 0.675. The van der Waals surface area contributed by atoms with Gasteiger partial charge < -0.3 is 11.1 Å². The molecule has 0 atom stereocenters. The van der Waals surface area contributed by atoms with Crippen LogP contribution >= 0.6 is 0 Å². The van der Waals surface area contributed by atoms with Crippen molar-refractivity contribution in [3.05, 3.63) is 17.5 Å². The normalized spacial score (nSPS) is 10.3. The smallest absolute Gasteiger partial charge is 0.254 e. The topological polar surface area (TPSA) is 72.9 Å². The fourth-order valence-electron chi connectivity index (χ4n) is 1.38. The monoisotopic (exact) mass is 210 g/mol. The maximum absolute atomic E-state index is 11.7. The van der Waals surface area contributed by atoms with Gasteiger partial charge in [0.05, 0.1) is 11.3 Å². The van der Waals surface area contributed by atoms with Crippen molar-refractivity contribution < 1.29 is 4.79 Å². The predicted molar refractivity (Wildman–Crippen MR) is 58.6 cm³/mol. The largest absolute Gasteiger partial charge is 0.352 e. The number of nitrogens with one attached hydrogen (secondary N) is 1. The molecule has 0 unspecified atom stereocenters. The van der Waals surface area contributed by atoms with E-state index in [9.17, 15) is 4.79 Å². The first-order chi connectivity index (χ1) is 7.19. The minimum Gasteiger partial charge on any atom is -0.352 e. The molecule has 1 heterocycles. The number of hydrogen-bond donors (Lipinski definition) is 2. The van der Waals surface area contributed by atoms with Crippen molar-refractivity contribution >= 4 is 5.91 Å². The van der Waals surface area contributed by atoms with E-state index >= 15 is 0 Å². The fourth-order valence-corrected chi connectivity index (χ4v) is 1.38. The van der Waals surface area contributed by atoms with Crippen molar-refractivity contribution in [2.75, 3.05) is 13.1 Å². The lowest BCUT2D eigenvalue weighted by atomic mass is 10.2. The van der Waals surface area contributed by atoms with E-state index in [0.29, 0.717) is 18.7 Å². The Hall–Kier alpha value is -1.36. The van der Waals surface area contributed by atoms with E-state index in [4.69, 9.17) is 5.73 Å². The van der Waals surface area contributed by atoms with Crippen LogP contribution in [0, 0.1) is 0 Å². The van der Waals surface area contributed by atoms with Gasteiger partial charge in [-0.1, -0.05) is 6.92 Å². The van der Waals surface area contributed by atoms with E-state index in [1.54, 1.807) is 10.9 Å². The third-order valence-electron chi connectivity index (χ3n) is 2.15. The second-order valence-electron chi connectivity index (χ2n) is 3.41. The molecule has 0 saturated heterocycles. The predicted octanol–water partition coefficient (Wildman–Crippen LogP) is 0.0611. The number of rotatable bonds is 5. The highest BCUT2D eigenvalue weighted by molar-refractivity contribution is 5.95. The second-order valence-corrected chi connectivity index (χ2v) is 3.41. The van der Waals surface area contributed by atoms with Gasteiger partial charge in [-0.15, -0.1) is 0 Å². The zero-order valence-corrected chi connectivity index (χ0v) is 9.29. The maximum Gasteiger partial charge on any atom is 0.254 e. The van der Waals surface area contributed by atoms with Crippen molar-refractivity contribution in [1.29, 1.82) is 0 Å². The summed E-state index contributed by atoms with van der Waals surface area (Å²) in [6, 6.07) is 0. The third-order valence-corrected chi connectivity index (χ3v) is 2.15. The summed E-state index contributed by atoms with van der Waals surface area (Å²) < 4.78 is 1.66. The molecule has 0 radical (unpaired) electrons. The number of carbonyl (C=O) groups excluding carboxylic acids is 1. The van der Waals surface area contributed by atoms with E-state index in [1.807, 2.05) is 14.0 Å². The number of aromatic nitrogens is 2. The van der Waals surface area contributed by atoms with Crippen molar-refractivity contribution in [3.8, 4) is 0 Å². The lowest BCUT2D eigenvalue weighted by Crippen LogP contribution is -2.26. The molecule has 84 valence electrons. The van der Waals surface area contributed by atoms with E-state index in [0.717, 1.165) is 18.5 Å². The summed E-state index contributed by atoms with van der Waals surface area (Å²) in [6.45, 7) is 3.19. The minimum absolute atomic E-state index is 0.0617. The molecule has 1 amide bonds. The van der Waals surface area contributed by atoms with Gasteiger partial charge >= 0.3 is 0 Å². The Kier molecular flexibility index (Phi) is 4.30. The summed E-state index contributed by atoms with van der Waals surface area (Å²) in [7, 11) is 1.82. The van der Waals surface area contributed by atoms with Crippen molar-refractivity contribution in [3.63, 3.8) is 0 Å². The summed E-state index contributed by atoms with van der Waals surface area (Å²) in [5.74, 6) is -0.0617. The molecule has 1 aromatic heterocycles. The first-order valence-electron chi connectivity index (χ1n) is 5.19. The van der Waals surface area contributed by atoms with Crippen LogP contribution in [0.5, 0.6) is 0 Å². The molecule has 15 heavy (non-hydrogen) atoms. The molecule has 1 aromatic rings. The van der Waals surface area contributed by atoms with Crippen LogP contribution in [0.3, 0.4) is 0 Å². The lowest BCUT2D eigenvalue weighted by Gasteiger charge is -2.02. The Morgan fingerprint density at radius 1 is 1.67 bits per heavy atom. The molecule has 0 aromatic carbocycles. The molecule has 0 aliphatic carbocycles. The first kappa shape index (κ1) is 11.7. The van der Waals surface area contributed by atoms with Crippen LogP contribution in [-0.2, 0) is 13.5 Å². The molecule has 5 heteroatoms. The zero-order valence-electron chi connectivity index (χ0n) is 9.29. The van der Waals surface area contributed by atoms with Crippen LogP contribution in [0.25, 0.3) is 0 Å². The van der Waals surface area contributed by atoms with Gasteiger partial charge in [-0.25, -0.2) is 0 Å². The highest BCUT2D eigenvalue weighted by atomic mass is 16.1. The third kappa shape index (κ3) is 3.06. The minimum atomic E-state index is -0.0617. The first-order valence-corrected chi connectivity index (χ1v) is 5.19. The number of nitrogens with zero attached hydrogens (tertiary/aromatic N) is 2. The van der Waals surface area contributed by atoms with Crippen LogP contribution in [0.2, 0.25) is 0 Å². The number of hydrogen-bond acceptors (Lipinski definition) is 3. The van der Waals surface area contributed by atoms with E-state index in [1.165, 1.54) is 0 Å². The number of aryl methyl sites for hydroxylation is 2. The van der Waals surface area contributed by atoms with Crippen LogP contribution in [0.4, 0.5) is 0 Å². The molecule has 1 rings (SSSR count). The number of nitrogens with two attached hydrogens (primary N) is 1. The van der Waals surface area contributed by atoms with Crippen LogP contribution in [0.15, 0.2) is 6.20 Å². The molecule has 0 fully saturated rings. The standard InChI is InChI=1S/C10H18N4O/c1-3-9-8(7-14(2)13-9)10(15)12-6-4-5-11/h7H,3-6,11H2,1-2H3,(H,12,15). The van der Waals surface area contributed by atoms with Gasteiger partial charge in [-0.2, -0.15) is 5.10 Å². The van der Waals surface area contributed by atoms with Gasteiger partial charge in [-0.3, -0.25) is 9.48 Å². The molecule has 0 bridgehead atoms. The molecular weight excluding hydrogens is 192 g/mol. The summed E-state index contributed by atoms with van der Waals surface area (Å²) in [4.78, 5) is 11.7. The molecule has 0 aliphatic heterocycles. The Labute approximate surface area is 89.6 Å². The van der Waals surface area contributed by atoms with Gasteiger partial charge in [0, 0.05) is 19.8 Å². The fraction of sp³-hybridized carbons (Fsp3) is 0.600. The van der Waals surface area contributed by atoms with Crippen LogP contribution in [0.1, 0.15) is 29.4 Å².